The van der Waals surface area contributed by atoms with Crippen LogP contribution in [-0.2, 0) is 22.6 Å². The molecular formula is C19H19ClF3N5O2S2. The highest BCUT2D eigenvalue weighted by Gasteiger charge is 2.31. The Morgan fingerprint density at radius 1 is 1.16 bits per heavy atom. The summed E-state index contributed by atoms with van der Waals surface area (Å²) in [5, 5.41) is 11.5. The minimum Gasteiger partial charge on any atom is -0.369 e. The molecule has 0 aliphatic heterocycles. The second kappa shape index (κ2) is 9.59. The molecule has 1 aromatic carbocycles. The summed E-state index contributed by atoms with van der Waals surface area (Å²) in [7, 11) is -3.80. The highest BCUT2D eigenvalue weighted by Crippen LogP contribution is 2.32. The van der Waals surface area contributed by atoms with E-state index in [1.807, 2.05) is 13.8 Å². The van der Waals surface area contributed by atoms with E-state index in [1.54, 1.807) is 12.1 Å². The van der Waals surface area contributed by atoms with Crippen molar-refractivity contribution in [3.8, 4) is 0 Å². The van der Waals surface area contributed by atoms with Crippen LogP contribution in [0, 0.1) is 0 Å². The molecule has 2 heterocycles. The van der Waals surface area contributed by atoms with E-state index in [-0.39, 0.29) is 26.8 Å². The van der Waals surface area contributed by atoms with Crippen molar-refractivity contribution in [3.05, 3.63) is 57.7 Å². The largest absolute Gasteiger partial charge is 0.417 e. The normalized spacial score (nSPS) is 12.2. The van der Waals surface area contributed by atoms with Gasteiger partial charge in [0.1, 0.15) is 10.8 Å². The van der Waals surface area contributed by atoms with E-state index >= 15 is 0 Å². The summed E-state index contributed by atoms with van der Waals surface area (Å²) < 4.78 is 65.5. The molecule has 0 atom stereocenters. The van der Waals surface area contributed by atoms with Gasteiger partial charge in [-0.05, 0) is 30.2 Å². The van der Waals surface area contributed by atoms with Crippen molar-refractivity contribution in [2.75, 3.05) is 16.6 Å². The van der Waals surface area contributed by atoms with Gasteiger partial charge < -0.3 is 5.32 Å². The van der Waals surface area contributed by atoms with E-state index in [1.165, 1.54) is 23.5 Å². The Morgan fingerprint density at radius 3 is 2.41 bits per heavy atom. The summed E-state index contributed by atoms with van der Waals surface area (Å²) in [4.78, 5) is 3.79. The lowest BCUT2D eigenvalue weighted by Gasteiger charge is -2.11. The maximum Gasteiger partial charge on any atom is 0.417 e. The molecule has 2 N–H and O–H groups in total. The van der Waals surface area contributed by atoms with Gasteiger partial charge in [0, 0.05) is 18.7 Å². The van der Waals surface area contributed by atoms with Crippen LogP contribution in [0.5, 0.6) is 0 Å². The van der Waals surface area contributed by atoms with Crippen LogP contribution in [0.4, 0.5) is 24.1 Å². The van der Waals surface area contributed by atoms with Crippen LogP contribution in [0.15, 0.2) is 41.4 Å². The first-order chi connectivity index (χ1) is 15.0. The smallest absolute Gasteiger partial charge is 0.369 e. The van der Waals surface area contributed by atoms with Gasteiger partial charge in [0.05, 0.1) is 15.5 Å². The van der Waals surface area contributed by atoms with Crippen molar-refractivity contribution < 1.29 is 21.6 Å². The van der Waals surface area contributed by atoms with Gasteiger partial charge in [-0.2, -0.15) is 13.2 Å². The standard InChI is InChI=1S/C19H19ClF3N5O2S2/c1-11(2)17-26-27-18(31-17)28-32(29,30)14-5-3-12(4-6-14)7-8-24-16-15(20)9-13(10-25-16)19(21,22)23/h3-6,9-11H,7-8H2,1-2H3,(H,24,25)(H,27,28). The van der Waals surface area contributed by atoms with Gasteiger partial charge in [0.25, 0.3) is 10.0 Å². The van der Waals surface area contributed by atoms with Gasteiger partial charge in [-0.15, -0.1) is 10.2 Å². The van der Waals surface area contributed by atoms with Crippen LogP contribution in [0.3, 0.4) is 0 Å². The number of sulfonamides is 1. The molecule has 13 heteroatoms. The Morgan fingerprint density at radius 2 is 1.84 bits per heavy atom. The first-order valence-electron chi connectivity index (χ1n) is 9.37. The van der Waals surface area contributed by atoms with Crippen LogP contribution in [0.25, 0.3) is 0 Å². The molecule has 3 rings (SSSR count). The summed E-state index contributed by atoms with van der Waals surface area (Å²) in [5.41, 5.74) is -0.107. The Kier molecular flexibility index (Phi) is 7.25. The fraction of sp³-hybridized carbons (Fsp3) is 0.316. The van der Waals surface area contributed by atoms with Gasteiger partial charge >= 0.3 is 6.18 Å². The molecule has 0 radical (unpaired) electrons. The molecule has 0 amide bonds. The molecular weight excluding hydrogens is 487 g/mol. The number of benzene rings is 1. The van der Waals surface area contributed by atoms with E-state index in [9.17, 15) is 21.6 Å². The molecule has 0 saturated carbocycles. The summed E-state index contributed by atoms with van der Waals surface area (Å²) in [6, 6.07) is 7.04. The first kappa shape index (κ1) is 24.2. The molecule has 0 bridgehead atoms. The van der Waals surface area contributed by atoms with Gasteiger partial charge in [-0.3, -0.25) is 4.72 Å². The fourth-order valence-corrected chi connectivity index (χ4v) is 4.78. The molecule has 172 valence electrons. The predicted octanol–water partition coefficient (Wildman–Crippen LogP) is 5.18. The Balaban J connectivity index is 1.58. The van der Waals surface area contributed by atoms with E-state index in [2.05, 4.69) is 25.2 Å². The van der Waals surface area contributed by atoms with Gasteiger partial charge in [0.2, 0.25) is 5.13 Å². The number of nitrogens with one attached hydrogen (secondary N) is 2. The maximum absolute atomic E-state index is 12.7. The molecule has 2 aromatic heterocycles. The Hall–Kier alpha value is -2.44. The van der Waals surface area contributed by atoms with Crippen LogP contribution >= 0.6 is 22.9 Å². The van der Waals surface area contributed by atoms with Crippen LogP contribution in [0.1, 0.15) is 35.9 Å². The number of pyridine rings is 1. The monoisotopic (exact) mass is 505 g/mol. The Labute approximate surface area is 192 Å². The summed E-state index contributed by atoms with van der Waals surface area (Å²) in [5.74, 6) is 0.284. The van der Waals surface area contributed by atoms with Crippen LogP contribution in [-0.4, -0.2) is 30.1 Å². The van der Waals surface area contributed by atoms with Crippen molar-refractivity contribution >= 4 is 43.9 Å². The molecule has 0 aliphatic rings. The molecule has 3 aromatic rings. The highest BCUT2D eigenvalue weighted by molar-refractivity contribution is 7.93. The van der Waals surface area contributed by atoms with Crippen molar-refractivity contribution in [1.82, 2.24) is 15.2 Å². The van der Waals surface area contributed by atoms with E-state index < -0.39 is 21.8 Å². The molecule has 0 fully saturated rings. The van der Waals surface area contributed by atoms with Crippen molar-refractivity contribution in [1.29, 1.82) is 0 Å². The zero-order valence-corrected chi connectivity index (χ0v) is 19.3. The number of hydrogen-bond acceptors (Lipinski definition) is 7. The number of hydrogen-bond donors (Lipinski definition) is 2. The van der Waals surface area contributed by atoms with Gasteiger partial charge in [-0.1, -0.05) is 48.9 Å². The summed E-state index contributed by atoms with van der Waals surface area (Å²) >= 11 is 7.04. The van der Waals surface area contributed by atoms with Crippen molar-refractivity contribution in [2.24, 2.45) is 0 Å². The number of nitrogens with zero attached hydrogens (tertiary/aromatic N) is 3. The number of rotatable bonds is 8. The van der Waals surface area contributed by atoms with Gasteiger partial charge in [0.15, 0.2) is 0 Å². The lowest BCUT2D eigenvalue weighted by Crippen LogP contribution is -2.13. The first-order valence-corrected chi connectivity index (χ1v) is 12.1. The van der Waals surface area contributed by atoms with Crippen LogP contribution in [0.2, 0.25) is 5.02 Å². The van der Waals surface area contributed by atoms with Gasteiger partial charge in [-0.25, -0.2) is 13.4 Å². The molecule has 0 saturated heterocycles. The van der Waals surface area contributed by atoms with Crippen molar-refractivity contribution in [3.63, 3.8) is 0 Å². The Bertz CT molecular complexity index is 1180. The van der Waals surface area contributed by atoms with E-state index in [4.69, 9.17) is 11.6 Å². The topological polar surface area (TPSA) is 96.9 Å². The predicted molar refractivity (Wildman–Crippen MR) is 118 cm³/mol. The zero-order chi connectivity index (χ0) is 23.5. The quantitative estimate of drug-likeness (QED) is 0.437. The highest BCUT2D eigenvalue weighted by atomic mass is 35.5. The SMILES string of the molecule is CC(C)c1nnc(NS(=O)(=O)c2ccc(CCNc3ncc(C(F)(F)F)cc3Cl)cc2)s1. The molecule has 0 unspecified atom stereocenters. The number of halogens is 4. The zero-order valence-electron chi connectivity index (χ0n) is 16.9. The maximum atomic E-state index is 12.7. The second-order valence-electron chi connectivity index (χ2n) is 7.08. The third kappa shape index (κ3) is 6.08. The molecule has 0 aliphatic carbocycles. The third-order valence-corrected chi connectivity index (χ3v) is 7.18. The number of aromatic nitrogens is 3. The minimum absolute atomic E-state index is 0.0722. The van der Waals surface area contributed by atoms with E-state index in [0.29, 0.717) is 19.2 Å². The van der Waals surface area contributed by atoms with Crippen LogP contribution < -0.4 is 10.0 Å². The fourth-order valence-electron chi connectivity index (χ4n) is 2.57. The average Bonchev–Trinajstić information content (AvgIpc) is 3.17. The lowest BCUT2D eigenvalue weighted by molar-refractivity contribution is -0.137. The number of anilines is 2. The molecule has 32 heavy (non-hydrogen) atoms. The van der Waals surface area contributed by atoms with Crippen molar-refractivity contribution in [2.45, 2.75) is 37.3 Å². The average molecular weight is 506 g/mol. The number of alkyl halides is 3. The summed E-state index contributed by atoms with van der Waals surface area (Å²) in [6.45, 7) is 4.22. The molecule has 7 nitrogen and oxygen atoms in total. The lowest BCUT2D eigenvalue weighted by atomic mass is 10.1. The summed E-state index contributed by atoms with van der Waals surface area (Å²) in [6.07, 6.45) is -3.33. The van der Waals surface area contributed by atoms with E-state index in [0.717, 1.165) is 16.6 Å². The third-order valence-electron chi connectivity index (χ3n) is 4.26. The minimum atomic E-state index is -4.51. The second-order valence-corrected chi connectivity index (χ2v) is 10.2. The molecule has 0 spiro atoms.